The van der Waals surface area contributed by atoms with Gasteiger partial charge in [0.15, 0.2) is 11.6 Å². The van der Waals surface area contributed by atoms with Gasteiger partial charge < -0.3 is 19.3 Å². The average molecular weight is 357 g/mol. The molecule has 26 heavy (non-hydrogen) atoms. The number of pyridine rings is 1. The largest absolute Gasteiger partial charge is 0.493 e. The van der Waals surface area contributed by atoms with E-state index in [4.69, 9.17) is 19.3 Å². The standard InChI is InChI=1S/C19H16FNO5/c1-24-19-15(20)8-2-12-3-9-16(21-18(12)19)26-14-6-4-13(5-7-14)25-11-10-17(22)23/h2-9H,10-11H2,1H3,(H,22,23). The molecule has 0 amide bonds. The van der Waals surface area contributed by atoms with Crippen LogP contribution in [0.15, 0.2) is 48.5 Å². The number of halogens is 1. The first kappa shape index (κ1) is 17.5. The summed E-state index contributed by atoms with van der Waals surface area (Å²) in [6.45, 7) is 0.0904. The van der Waals surface area contributed by atoms with Gasteiger partial charge in [0, 0.05) is 11.5 Å². The zero-order valence-corrected chi connectivity index (χ0v) is 13.9. The number of methoxy groups -OCH3 is 1. The zero-order valence-electron chi connectivity index (χ0n) is 13.9. The number of fused-ring (bicyclic) bond motifs is 1. The van der Waals surface area contributed by atoms with E-state index in [1.54, 1.807) is 42.5 Å². The SMILES string of the molecule is COc1c(F)ccc2ccc(Oc3ccc(OCCC(=O)O)cc3)nc12. The Labute approximate surface area is 148 Å². The van der Waals surface area contributed by atoms with E-state index in [9.17, 15) is 9.18 Å². The molecule has 0 saturated heterocycles. The summed E-state index contributed by atoms with van der Waals surface area (Å²) in [5.41, 5.74) is 0.374. The van der Waals surface area contributed by atoms with Crippen LogP contribution in [-0.2, 0) is 4.79 Å². The second kappa shape index (κ2) is 7.69. The topological polar surface area (TPSA) is 77.9 Å². The minimum Gasteiger partial charge on any atom is -0.493 e. The van der Waals surface area contributed by atoms with Gasteiger partial charge in [0.05, 0.1) is 20.1 Å². The van der Waals surface area contributed by atoms with Crippen LogP contribution in [0.2, 0.25) is 0 Å². The normalized spacial score (nSPS) is 10.5. The van der Waals surface area contributed by atoms with Gasteiger partial charge >= 0.3 is 5.97 Å². The van der Waals surface area contributed by atoms with Crippen molar-refractivity contribution in [1.29, 1.82) is 0 Å². The van der Waals surface area contributed by atoms with Gasteiger partial charge in [-0.05, 0) is 42.5 Å². The number of benzene rings is 2. The van der Waals surface area contributed by atoms with E-state index in [0.717, 1.165) is 5.39 Å². The molecular weight excluding hydrogens is 341 g/mol. The number of hydrogen-bond acceptors (Lipinski definition) is 5. The number of carbonyl (C=O) groups is 1. The van der Waals surface area contributed by atoms with Crippen molar-refractivity contribution in [2.75, 3.05) is 13.7 Å². The van der Waals surface area contributed by atoms with E-state index < -0.39 is 11.8 Å². The van der Waals surface area contributed by atoms with Crippen LogP contribution in [0.1, 0.15) is 6.42 Å². The third-order valence-electron chi connectivity index (χ3n) is 3.58. The summed E-state index contributed by atoms with van der Waals surface area (Å²) < 4.78 is 29.9. The van der Waals surface area contributed by atoms with Crippen molar-refractivity contribution in [3.05, 3.63) is 54.3 Å². The lowest BCUT2D eigenvalue weighted by atomic mass is 10.2. The Balaban J connectivity index is 1.75. The molecule has 0 unspecified atom stereocenters. The summed E-state index contributed by atoms with van der Waals surface area (Å²) in [5, 5.41) is 9.32. The summed E-state index contributed by atoms with van der Waals surface area (Å²) in [6.07, 6.45) is -0.0718. The van der Waals surface area contributed by atoms with Crippen LogP contribution >= 0.6 is 0 Å². The summed E-state index contributed by atoms with van der Waals surface area (Å²) in [5.74, 6) is -0.00519. The van der Waals surface area contributed by atoms with Crippen molar-refractivity contribution in [3.63, 3.8) is 0 Å². The van der Waals surface area contributed by atoms with E-state index in [-0.39, 0.29) is 18.8 Å². The van der Waals surface area contributed by atoms with Gasteiger partial charge in [-0.2, -0.15) is 0 Å². The molecule has 3 rings (SSSR count). The lowest BCUT2D eigenvalue weighted by molar-refractivity contribution is -0.137. The molecule has 0 bridgehead atoms. The molecule has 2 aromatic carbocycles. The Morgan fingerprint density at radius 3 is 2.46 bits per heavy atom. The lowest BCUT2D eigenvalue weighted by Gasteiger charge is -2.10. The Morgan fingerprint density at radius 2 is 1.77 bits per heavy atom. The number of aromatic nitrogens is 1. The fraction of sp³-hybridized carbons (Fsp3) is 0.158. The van der Waals surface area contributed by atoms with E-state index in [2.05, 4.69) is 4.98 Å². The van der Waals surface area contributed by atoms with E-state index in [1.165, 1.54) is 13.2 Å². The van der Waals surface area contributed by atoms with Gasteiger partial charge in [-0.3, -0.25) is 4.79 Å². The van der Waals surface area contributed by atoms with Crippen molar-refractivity contribution in [2.24, 2.45) is 0 Å². The summed E-state index contributed by atoms with van der Waals surface area (Å²) in [7, 11) is 1.39. The summed E-state index contributed by atoms with van der Waals surface area (Å²) in [6, 6.07) is 13.1. The number of ether oxygens (including phenoxy) is 3. The molecule has 6 nitrogen and oxygen atoms in total. The minimum absolute atomic E-state index is 0.0649. The predicted octanol–water partition coefficient (Wildman–Crippen LogP) is 4.03. The fourth-order valence-electron chi connectivity index (χ4n) is 2.35. The van der Waals surface area contributed by atoms with Gasteiger partial charge in [-0.25, -0.2) is 9.37 Å². The third kappa shape index (κ3) is 4.00. The number of nitrogens with zero attached hydrogens (tertiary/aromatic N) is 1. The molecule has 1 N–H and O–H groups in total. The maximum absolute atomic E-state index is 13.8. The molecule has 0 fully saturated rings. The van der Waals surface area contributed by atoms with Crippen molar-refractivity contribution < 1.29 is 28.5 Å². The predicted molar refractivity (Wildman–Crippen MR) is 92.5 cm³/mol. The van der Waals surface area contributed by atoms with Crippen LogP contribution in [0.4, 0.5) is 4.39 Å². The molecule has 7 heteroatoms. The Hall–Kier alpha value is -3.35. The van der Waals surface area contributed by atoms with Crippen molar-refractivity contribution >= 4 is 16.9 Å². The highest BCUT2D eigenvalue weighted by atomic mass is 19.1. The first-order chi connectivity index (χ1) is 12.6. The molecule has 0 aliphatic heterocycles. The number of carboxylic acid groups (broad SMARTS) is 1. The van der Waals surface area contributed by atoms with E-state index in [0.29, 0.717) is 22.9 Å². The van der Waals surface area contributed by atoms with Gasteiger partial charge in [-0.15, -0.1) is 0 Å². The quantitative estimate of drug-likeness (QED) is 0.688. The van der Waals surface area contributed by atoms with Crippen LogP contribution < -0.4 is 14.2 Å². The maximum Gasteiger partial charge on any atom is 0.306 e. The smallest absolute Gasteiger partial charge is 0.306 e. The number of carboxylic acids is 1. The Kier molecular flexibility index (Phi) is 5.17. The van der Waals surface area contributed by atoms with Crippen LogP contribution in [0.3, 0.4) is 0 Å². The molecule has 0 saturated carbocycles. The highest BCUT2D eigenvalue weighted by molar-refractivity contribution is 5.85. The van der Waals surface area contributed by atoms with E-state index >= 15 is 0 Å². The molecule has 3 aromatic rings. The first-order valence-corrected chi connectivity index (χ1v) is 7.82. The molecular formula is C19H16FNO5. The monoisotopic (exact) mass is 357 g/mol. The molecule has 1 heterocycles. The molecule has 0 atom stereocenters. The third-order valence-corrected chi connectivity index (χ3v) is 3.58. The van der Waals surface area contributed by atoms with Gasteiger partial charge in [0.2, 0.25) is 5.88 Å². The van der Waals surface area contributed by atoms with Crippen molar-refractivity contribution in [1.82, 2.24) is 4.98 Å². The van der Waals surface area contributed by atoms with Gasteiger partial charge in [-0.1, -0.05) is 0 Å². The van der Waals surface area contributed by atoms with Crippen LogP contribution in [0.25, 0.3) is 10.9 Å². The molecule has 134 valence electrons. The fourth-order valence-corrected chi connectivity index (χ4v) is 2.35. The van der Waals surface area contributed by atoms with E-state index in [1.807, 2.05) is 0 Å². The highest BCUT2D eigenvalue weighted by Gasteiger charge is 2.11. The van der Waals surface area contributed by atoms with Crippen LogP contribution in [0.5, 0.6) is 23.1 Å². The van der Waals surface area contributed by atoms with Crippen molar-refractivity contribution in [3.8, 4) is 23.1 Å². The number of rotatable bonds is 7. The maximum atomic E-state index is 13.8. The summed E-state index contributed by atoms with van der Waals surface area (Å²) >= 11 is 0. The molecule has 0 spiro atoms. The highest BCUT2D eigenvalue weighted by Crippen LogP contribution is 2.30. The number of hydrogen-bond donors (Lipinski definition) is 1. The lowest BCUT2D eigenvalue weighted by Crippen LogP contribution is -2.04. The number of aliphatic carboxylic acids is 1. The Bertz CT molecular complexity index is 927. The van der Waals surface area contributed by atoms with Crippen LogP contribution in [-0.4, -0.2) is 29.8 Å². The van der Waals surface area contributed by atoms with Gasteiger partial charge in [0.25, 0.3) is 0 Å². The summed E-state index contributed by atoms with van der Waals surface area (Å²) in [4.78, 5) is 14.8. The first-order valence-electron chi connectivity index (χ1n) is 7.82. The second-order valence-electron chi connectivity index (χ2n) is 5.37. The zero-order chi connectivity index (χ0) is 18.5. The second-order valence-corrected chi connectivity index (χ2v) is 5.37. The minimum atomic E-state index is -0.917. The molecule has 0 radical (unpaired) electrons. The molecule has 0 aliphatic carbocycles. The average Bonchev–Trinajstić information content (AvgIpc) is 2.63. The van der Waals surface area contributed by atoms with Crippen LogP contribution in [0, 0.1) is 5.82 Å². The Morgan fingerprint density at radius 1 is 1.08 bits per heavy atom. The molecule has 1 aromatic heterocycles. The molecule has 0 aliphatic rings. The van der Waals surface area contributed by atoms with Crippen molar-refractivity contribution in [2.45, 2.75) is 6.42 Å². The van der Waals surface area contributed by atoms with Gasteiger partial charge in [0.1, 0.15) is 17.0 Å².